The quantitative estimate of drug-likeness (QED) is 0.749. The zero-order chi connectivity index (χ0) is 12.2. The number of likely N-dealkylation sites (tertiary alicyclic amines) is 1. The molecule has 1 fully saturated rings. The number of rotatable bonds is 6. The van der Waals surface area contributed by atoms with Crippen LogP contribution in [-0.2, 0) is 9.53 Å². The lowest BCUT2D eigenvalue weighted by molar-refractivity contribution is -0.149. The molecular weight excluding hydrogens is 206 g/mol. The van der Waals surface area contributed by atoms with E-state index in [1.54, 1.807) is 7.11 Å². The summed E-state index contributed by atoms with van der Waals surface area (Å²) in [5.41, 5.74) is -0.609. The third kappa shape index (κ3) is 3.19. The number of ether oxygens (including phenoxy) is 1. The van der Waals surface area contributed by atoms with Crippen LogP contribution in [0.25, 0.3) is 0 Å². The van der Waals surface area contributed by atoms with Crippen LogP contribution in [0.1, 0.15) is 26.7 Å². The summed E-state index contributed by atoms with van der Waals surface area (Å²) in [4.78, 5) is 13.4. The highest BCUT2D eigenvalue weighted by atomic mass is 16.5. The summed E-state index contributed by atoms with van der Waals surface area (Å²) in [5.74, 6) is -0.120. The van der Waals surface area contributed by atoms with Crippen LogP contribution < -0.4 is 0 Å². The SMILES string of the molecule is CCC(C)(CN1CCC(COC)C1)C(=O)O. The molecule has 0 aliphatic carbocycles. The van der Waals surface area contributed by atoms with Gasteiger partial charge in [0.2, 0.25) is 0 Å². The van der Waals surface area contributed by atoms with E-state index in [0.29, 0.717) is 18.9 Å². The molecule has 0 aromatic rings. The minimum Gasteiger partial charge on any atom is -0.481 e. The average molecular weight is 229 g/mol. The fourth-order valence-electron chi connectivity index (χ4n) is 2.25. The van der Waals surface area contributed by atoms with Crippen molar-refractivity contribution in [2.75, 3.05) is 33.4 Å². The van der Waals surface area contributed by atoms with Gasteiger partial charge in [-0.1, -0.05) is 6.92 Å². The van der Waals surface area contributed by atoms with Gasteiger partial charge in [0.25, 0.3) is 0 Å². The fraction of sp³-hybridized carbons (Fsp3) is 0.917. The summed E-state index contributed by atoms with van der Waals surface area (Å²) < 4.78 is 5.13. The van der Waals surface area contributed by atoms with Crippen molar-refractivity contribution in [3.05, 3.63) is 0 Å². The summed E-state index contributed by atoms with van der Waals surface area (Å²) >= 11 is 0. The molecule has 0 aromatic carbocycles. The second-order valence-corrected chi connectivity index (χ2v) is 5.06. The molecule has 0 radical (unpaired) electrons. The van der Waals surface area contributed by atoms with Gasteiger partial charge >= 0.3 is 5.97 Å². The Bertz CT molecular complexity index is 244. The maximum atomic E-state index is 11.2. The first-order valence-corrected chi connectivity index (χ1v) is 5.96. The summed E-state index contributed by atoms with van der Waals surface area (Å²) in [6, 6.07) is 0. The molecule has 1 saturated heterocycles. The molecule has 94 valence electrons. The minimum atomic E-state index is -0.690. The Morgan fingerprint density at radius 2 is 2.31 bits per heavy atom. The fourth-order valence-corrected chi connectivity index (χ4v) is 2.25. The van der Waals surface area contributed by atoms with E-state index in [1.165, 1.54) is 0 Å². The first-order chi connectivity index (χ1) is 7.51. The van der Waals surface area contributed by atoms with E-state index in [-0.39, 0.29) is 0 Å². The molecule has 0 spiro atoms. The van der Waals surface area contributed by atoms with Crippen LogP contribution in [-0.4, -0.2) is 49.3 Å². The Hall–Kier alpha value is -0.610. The molecule has 4 heteroatoms. The molecule has 1 aliphatic rings. The van der Waals surface area contributed by atoms with Gasteiger partial charge in [0.15, 0.2) is 0 Å². The minimum absolute atomic E-state index is 0.569. The third-order valence-corrected chi connectivity index (χ3v) is 3.64. The standard InChI is InChI=1S/C12H23NO3/c1-4-12(2,11(14)15)9-13-6-5-10(7-13)8-16-3/h10H,4-9H2,1-3H3,(H,14,15). The second-order valence-electron chi connectivity index (χ2n) is 5.06. The normalized spacial score (nSPS) is 25.6. The zero-order valence-electron chi connectivity index (χ0n) is 10.5. The van der Waals surface area contributed by atoms with Gasteiger partial charge in [-0.25, -0.2) is 0 Å². The van der Waals surface area contributed by atoms with Crippen molar-refractivity contribution in [3.63, 3.8) is 0 Å². The van der Waals surface area contributed by atoms with Crippen LogP contribution in [0.3, 0.4) is 0 Å². The largest absolute Gasteiger partial charge is 0.481 e. The Balaban J connectivity index is 2.46. The number of methoxy groups -OCH3 is 1. The van der Waals surface area contributed by atoms with Crippen molar-refractivity contribution in [3.8, 4) is 0 Å². The smallest absolute Gasteiger partial charge is 0.310 e. The number of hydrogen-bond donors (Lipinski definition) is 1. The number of carboxylic acid groups (broad SMARTS) is 1. The number of nitrogens with zero attached hydrogens (tertiary/aromatic N) is 1. The molecule has 1 aliphatic heterocycles. The van der Waals surface area contributed by atoms with E-state index in [2.05, 4.69) is 4.90 Å². The predicted octanol–water partition coefficient (Wildman–Crippen LogP) is 1.46. The molecule has 0 bridgehead atoms. The average Bonchev–Trinajstić information content (AvgIpc) is 2.65. The molecule has 16 heavy (non-hydrogen) atoms. The van der Waals surface area contributed by atoms with Gasteiger partial charge in [0.05, 0.1) is 12.0 Å². The second kappa shape index (κ2) is 5.64. The van der Waals surface area contributed by atoms with Gasteiger partial charge in [-0.15, -0.1) is 0 Å². The molecule has 1 N–H and O–H groups in total. The summed E-state index contributed by atoms with van der Waals surface area (Å²) in [6.45, 7) is 7.18. The molecule has 0 aromatic heterocycles. The van der Waals surface area contributed by atoms with Crippen molar-refractivity contribution in [1.29, 1.82) is 0 Å². The number of carbonyl (C=O) groups is 1. The summed E-state index contributed by atoms with van der Waals surface area (Å²) in [6.07, 6.45) is 1.79. The number of hydrogen-bond acceptors (Lipinski definition) is 3. The van der Waals surface area contributed by atoms with E-state index >= 15 is 0 Å². The molecule has 1 rings (SSSR count). The molecule has 2 atom stereocenters. The van der Waals surface area contributed by atoms with Crippen LogP contribution in [0.5, 0.6) is 0 Å². The molecule has 0 amide bonds. The molecule has 0 saturated carbocycles. The Labute approximate surface area is 97.6 Å². The monoisotopic (exact) mass is 229 g/mol. The highest BCUT2D eigenvalue weighted by Gasteiger charge is 2.35. The van der Waals surface area contributed by atoms with Crippen molar-refractivity contribution in [1.82, 2.24) is 4.90 Å². The Kier molecular flexibility index (Phi) is 4.74. The first kappa shape index (κ1) is 13.5. The molecule has 1 heterocycles. The summed E-state index contributed by atoms with van der Waals surface area (Å²) in [5, 5.41) is 9.21. The number of carboxylic acids is 1. The predicted molar refractivity (Wildman–Crippen MR) is 62.5 cm³/mol. The van der Waals surface area contributed by atoms with E-state index in [1.807, 2.05) is 13.8 Å². The Morgan fingerprint density at radius 3 is 2.81 bits per heavy atom. The lowest BCUT2D eigenvalue weighted by atomic mass is 9.87. The lowest BCUT2D eigenvalue weighted by Gasteiger charge is -2.28. The van der Waals surface area contributed by atoms with Gasteiger partial charge in [-0.05, 0) is 32.2 Å². The van der Waals surface area contributed by atoms with E-state index in [9.17, 15) is 9.90 Å². The van der Waals surface area contributed by atoms with Crippen LogP contribution in [0.15, 0.2) is 0 Å². The van der Waals surface area contributed by atoms with Crippen molar-refractivity contribution < 1.29 is 14.6 Å². The highest BCUT2D eigenvalue weighted by molar-refractivity contribution is 5.74. The highest BCUT2D eigenvalue weighted by Crippen LogP contribution is 2.26. The van der Waals surface area contributed by atoms with Crippen LogP contribution >= 0.6 is 0 Å². The van der Waals surface area contributed by atoms with Gasteiger partial charge in [-0.3, -0.25) is 4.79 Å². The van der Waals surface area contributed by atoms with Crippen molar-refractivity contribution in [2.24, 2.45) is 11.3 Å². The Morgan fingerprint density at radius 1 is 1.62 bits per heavy atom. The maximum Gasteiger partial charge on any atom is 0.310 e. The van der Waals surface area contributed by atoms with Gasteiger partial charge in [-0.2, -0.15) is 0 Å². The molecule has 2 unspecified atom stereocenters. The molecule has 4 nitrogen and oxygen atoms in total. The van der Waals surface area contributed by atoms with E-state index in [0.717, 1.165) is 26.1 Å². The molecular formula is C12H23NO3. The van der Waals surface area contributed by atoms with Crippen molar-refractivity contribution >= 4 is 5.97 Å². The first-order valence-electron chi connectivity index (χ1n) is 5.96. The zero-order valence-corrected chi connectivity index (χ0v) is 10.5. The summed E-state index contributed by atoms with van der Waals surface area (Å²) in [7, 11) is 1.72. The lowest BCUT2D eigenvalue weighted by Crippen LogP contribution is -2.40. The van der Waals surface area contributed by atoms with Gasteiger partial charge in [0, 0.05) is 20.2 Å². The third-order valence-electron chi connectivity index (χ3n) is 3.64. The van der Waals surface area contributed by atoms with Gasteiger partial charge < -0.3 is 14.7 Å². The van der Waals surface area contributed by atoms with E-state index < -0.39 is 11.4 Å². The maximum absolute atomic E-state index is 11.2. The van der Waals surface area contributed by atoms with E-state index in [4.69, 9.17) is 4.74 Å². The number of aliphatic carboxylic acids is 1. The van der Waals surface area contributed by atoms with Crippen LogP contribution in [0, 0.1) is 11.3 Å². The van der Waals surface area contributed by atoms with Crippen molar-refractivity contribution in [2.45, 2.75) is 26.7 Å². The van der Waals surface area contributed by atoms with Crippen LogP contribution in [0.2, 0.25) is 0 Å². The van der Waals surface area contributed by atoms with Gasteiger partial charge in [0.1, 0.15) is 0 Å². The van der Waals surface area contributed by atoms with Crippen LogP contribution in [0.4, 0.5) is 0 Å². The topological polar surface area (TPSA) is 49.8 Å².